The summed E-state index contributed by atoms with van der Waals surface area (Å²) < 4.78 is 0. The molecule has 0 saturated heterocycles. The standard InChI is InChI=1S/C16H18N2O2/c1-18(2)16(20)13-6-8-14(9-7-13)17-11-12-4-3-5-15(19)10-12/h3-10,17,19H,11H2,1-2H3. The third kappa shape index (κ3) is 3.51. The Balaban J connectivity index is 1.99. The Morgan fingerprint density at radius 2 is 1.85 bits per heavy atom. The van der Waals surface area contributed by atoms with E-state index < -0.39 is 0 Å². The van der Waals surface area contributed by atoms with E-state index in [-0.39, 0.29) is 11.7 Å². The number of phenolic OH excluding ortho intramolecular Hbond substituents is 1. The van der Waals surface area contributed by atoms with E-state index in [0.717, 1.165) is 11.3 Å². The van der Waals surface area contributed by atoms with Gasteiger partial charge >= 0.3 is 0 Å². The summed E-state index contributed by atoms with van der Waals surface area (Å²) >= 11 is 0. The first-order valence-electron chi connectivity index (χ1n) is 6.40. The van der Waals surface area contributed by atoms with Gasteiger partial charge < -0.3 is 15.3 Å². The molecular formula is C16H18N2O2. The van der Waals surface area contributed by atoms with Gasteiger partial charge in [-0.3, -0.25) is 4.79 Å². The summed E-state index contributed by atoms with van der Waals surface area (Å²) in [5.41, 5.74) is 2.60. The molecule has 1 amide bonds. The number of anilines is 1. The second-order valence-corrected chi connectivity index (χ2v) is 4.80. The highest BCUT2D eigenvalue weighted by atomic mass is 16.3. The molecule has 2 aromatic rings. The van der Waals surface area contributed by atoms with E-state index in [1.807, 2.05) is 24.3 Å². The topological polar surface area (TPSA) is 52.6 Å². The molecule has 2 rings (SSSR count). The van der Waals surface area contributed by atoms with Crippen LogP contribution in [0.3, 0.4) is 0 Å². The molecule has 2 aromatic carbocycles. The van der Waals surface area contributed by atoms with Crippen molar-refractivity contribution in [3.05, 3.63) is 59.7 Å². The quantitative estimate of drug-likeness (QED) is 0.898. The minimum Gasteiger partial charge on any atom is -0.508 e. The van der Waals surface area contributed by atoms with E-state index in [2.05, 4.69) is 5.32 Å². The zero-order valence-corrected chi connectivity index (χ0v) is 11.6. The summed E-state index contributed by atoms with van der Waals surface area (Å²) in [5, 5.41) is 12.6. The molecule has 0 radical (unpaired) electrons. The molecule has 0 saturated carbocycles. The van der Waals surface area contributed by atoms with E-state index in [1.165, 1.54) is 0 Å². The third-order valence-electron chi connectivity index (χ3n) is 2.95. The van der Waals surface area contributed by atoms with Gasteiger partial charge in [-0.25, -0.2) is 0 Å². The lowest BCUT2D eigenvalue weighted by atomic mass is 10.1. The molecule has 104 valence electrons. The average molecular weight is 270 g/mol. The molecule has 0 unspecified atom stereocenters. The Bertz CT molecular complexity index is 592. The van der Waals surface area contributed by atoms with Crippen molar-refractivity contribution in [3.8, 4) is 5.75 Å². The molecule has 0 aliphatic heterocycles. The van der Waals surface area contributed by atoms with Gasteiger partial charge in [-0.2, -0.15) is 0 Å². The first kappa shape index (κ1) is 13.9. The second-order valence-electron chi connectivity index (χ2n) is 4.80. The van der Waals surface area contributed by atoms with Crippen molar-refractivity contribution in [1.29, 1.82) is 0 Å². The Morgan fingerprint density at radius 1 is 1.15 bits per heavy atom. The van der Waals surface area contributed by atoms with Gasteiger partial charge in [0.2, 0.25) is 0 Å². The van der Waals surface area contributed by atoms with Crippen LogP contribution in [0.2, 0.25) is 0 Å². The maximum Gasteiger partial charge on any atom is 0.253 e. The second kappa shape index (κ2) is 6.10. The molecule has 0 fully saturated rings. The molecule has 2 N–H and O–H groups in total. The lowest BCUT2D eigenvalue weighted by Gasteiger charge is -2.11. The van der Waals surface area contributed by atoms with Crippen LogP contribution in [0.5, 0.6) is 5.75 Å². The first-order valence-corrected chi connectivity index (χ1v) is 6.40. The van der Waals surface area contributed by atoms with Gasteiger partial charge in [0.05, 0.1) is 0 Å². The van der Waals surface area contributed by atoms with E-state index in [0.29, 0.717) is 12.1 Å². The van der Waals surface area contributed by atoms with Crippen molar-refractivity contribution in [1.82, 2.24) is 4.90 Å². The molecule has 0 atom stereocenters. The van der Waals surface area contributed by atoms with E-state index >= 15 is 0 Å². The fourth-order valence-electron chi connectivity index (χ4n) is 1.86. The van der Waals surface area contributed by atoms with E-state index in [9.17, 15) is 9.90 Å². The van der Waals surface area contributed by atoms with Crippen molar-refractivity contribution in [2.45, 2.75) is 6.54 Å². The lowest BCUT2D eigenvalue weighted by Crippen LogP contribution is -2.21. The summed E-state index contributed by atoms with van der Waals surface area (Å²) in [6.45, 7) is 0.620. The molecule has 0 aromatic heterocycles. The number of amides is 1. The molecule has 0 aliphatic rings. The minimum absolute atomic E-state index is 0.00969. The lowest BCUT2D eigenvalue weighted by molar-refractivity contribution is 0.0827. The number of phenols is 1. The zero-order chi connectivity index (χ0) is 14.5. The van der Waals surface area contributed by atoms with Crippen LogP contribution in [0.25, 0.3) is 0 Å². The van der Waals surface area contributed by atoms with Gasteiger partial charge in [0.15, 0.2) is 0 Å². The molecule has 0 heterocycles. The minimum atomic E-state index is -0.00969. The van der Waals surface area contributed by atoms with Crippen molar-refractivity contribution in [2.24, 2.45) is 0 Å². The van der Waals surface area contributed by atoms with Gasteiger partial charge in [0, 0.05) is 31.9 Å². The maximum atomic E-state index is 11.8. The number of carbonyl (C=O) groups excluding carboxylic acids is 1. The highest BCUT2D eigenvalue weighted by Gasteiger charge is 2.06. The number of benzene rings is 2. The van der Waals surface area contributed by atoms with Crippen molar-refractivity contribution >= 4 is 11.6 Å². The molecule has 20 heavy (non-hydrogen) atoms. The number of carbonyl (C=O) groups is 1. The van der Waals surface area contributed by atoms with Crippen LogP contribution in [-0.2, 0) is 6.54 Å². The number of hydrogen-bond acceptors (Lipinski definition) is 3. The van der Waals surface area contributed by atoms with Crippen molar-refractivity contribution in [3.63, 3.8) is 0 Å². The molecular weight excluding hydrogens is 252 g/mol. The SMILES string of the molecule is CN(C)C(=O)c1ccc(NCc2cccc(O)c2)cc1. The third-order valence-corrected chi connectivity index (χ3v) is 2.95. The van der Waals surface area contributed by atoms with Crippen molar-refractivity contribution < 1.29 is 9.90 Å². The Kier molecular flexibility index (Phi) is 4.25. The molecule has 0 spiro atoms. The largest absolute Gasteiger partial charge is 0.508 e. The summed E-state index contributed by atoms with van der Waals surface area (Å²) in [6, 6.07) is 14.5. The van der Waals surface area contributed by atoms with Crippen LogP contribution >= 0.6 is 0 Å². The molecule has 0 bridgehead atoms. The summed E-state index contributed by atoms with van der Waals surface area (Å²) in [4.78, 5) is 13.3. The maximum absolute atomic E-state index is 11.8. The fraction of sp³-hybridized carbons (Fsp3) is 0.188. The van der Waals surface area contributed by atoms with Crippen molar-refractivity contribution in [2.75, 3.05) is 19.4 Å². The van der Waals surface area contributed by atoms with Crippen LogP contribution in [0.1, 0.15) is 15.9 Å². The van der Waals surface area contributed by atoms with Gasteiger partial charge in [-0.15, -0.1) is 0 Å². The summed E-state index contributed by atoms with van der Waals surface area (Å²) in [7, 11) is 3.47. The van der Waals surface area contributed by atoms with Crippen LogP contribution in [0.15, 0.2) is 48.5 Å². The van der Waals surface area contributed by atoms with Gasteiger partial charge in [-0.05, 0) is 42.0 Å². The Hall–Kier alpha value is -2.49. The van der Waals surface area contributed by atoms with Gasteiger partial charge in [0.25, 0.3) is 5.91 Å². The highest BCUT2D eigenvalue weighted by molar-refractivity contribution is 5.94. The zero-order valence-electron chi connectivity index (χ0n) is 11.6. The molecule has 4 nitrogen and oxygen atoms in total. The van der Waals surface area contributed by atoms with E-state index in [4.69, 9.17) is 0 Å². The van der Waals surface area contributed by atoms with Crippen LogP contribution in [0, 0.1) is 0 Å². The Morgan fingerprint density at radius 3 is 2.45 bits per heavy atom. The van der Waals surface area contributed by atoms with E-state index in [1.54, 1.807) is 43.3 Å². The van der Waals surface area contributed by atoms with Crippen LogP contribution in [0.4, 0.5) is 5.69 Å². The van der Waals surface area contributed by atoms with Crippen LogP contribution in [-0.4, -0.2) is 30.0 Å². The molecule has 4 heteroatoms. The molecule has 0 aliphatic carbocycles. The monoisotopic (exact) mass is 270 g/mol. The van der Waals surface area contributed by atoms with Gasteiger partial charge in [0.1, 0.15) is 5.75 Å². The number of nitrogens with one attached hydrogen (secondary N) is 1. The smallest absolute Gasteiger partial charge is 0.253 e. The van der Waals surface area contributed by atoms with Crippen LogP contribution < -0.4 is 5.32 Å². The number of aromatic hydroxyl groups is 1. The average Bonchev–Trinajstić information content (AvgIpc) is 2.45. The summed E-state index contributed by atoms with van der Waals surface area (Å²) in [6.07, 6.45) is 0. The predicted molar refractivity (Wildman–Crippen MR) is 79.9 cm³/mol. The van der Waals surface area contributed by atoms with Gasteiger partial charge in [-0.1, -0.05) is 12.1 Å². The number of rotatable bonds is 4. The number of hydrogen-bond donors (Lipinski definition) is 2. The predicted octanol–water partition coefficient (Wildman–Crippen LogP) is 2.71. The Labute approximate surface area is 118 Å². The first-order chi connectivity index (χ1) is 9.56. The fourth-order valence-corrected chi connectivity index (χ4v) is 1.86. The highest BCUT2D eigenvalue weighted by Crippen LogP contribution is 2.15. The summed E-state index contributed by atoms with van der Waals surface area (Å²) in [5.74, 6) is 0.251. The normalized spacial score (nSPS) is 10.1. The number of nitrogens with zero attached hydrogens (tertiary/aromatic N) is 1.